The van der Waals surface area contributed by atoms with Crippen LogP contribution in [0.25, 0.3) is 11.2 Å². The largest absolute Gasteiger partial charge is 0.394 e. The summed E-state index contributed by atoms with van der Waals surface area (Å²) in [4.78, 5) is 19.4. The molecule has 108 valence electrons. The van der Waals surface area contributed by atoms with E-state index in [1.165, 1.54) is 0 Å². The molecular formula is C10H13N5O5. The number of nitrogens with two attached hydrogens (primary N) is 1. The molecule has 20 heavy (non-hydrogen) atoms. The number of rotatable bonds is 6. The smallest absolute Gasteiger partial charge is 0.280 e. The monoisotopic (exact) mass is 296 g/mol. The zero-order chi connectivity index (χ0) is 25.4. The predicted molar refractivity (Wildman–Crippen MR) is 65.6 cm³/mol. The molecule has 1 aliphatic heterocycles. The highest BCUT2D eigenvalue weighted by atomic mass is 16.6. The van der Waals surface area contributed by atoms with E-state index < -0.39 is 60.0 Å². The summed E-state index contributed by atoms with van der Waals surface area (Å²) in [6, 6.07) is 0. The van der Waals surface area contributed by atoms with Crippen molar-refractivity contribution in [3.05, 3.63) is 16.7 Å². The molecule has 0 radical (unpaired) electrons. The SMILES string of the molecule is [2H]OC([2H])([2H])[C@@]1([2H])O[C@@]([2H])(n2c([2H])nc3c(=O)n([2H])c(N([2H])[2H])nc32)[C@]([2H])(O[2H])C1([2H])O[2H]. The van der Waals surface area contributed by atoms with Gasteiger partial charge in [0.05, 0.1) is 21.1 Å². The van der Waals surface area contributed by atoms with Gasteiger partial charge in [0.25, 0.3) is 5.56 Å². The fraction of sp³-hybridized carbons (Fsp3) is 0.500. The molecule has 0 spiro atoms. The van der Waals surface area contributed by atoms with Crippen LogP contribution in [0.3, 0.4) is 0 Å². The van der Waals surface area contributed by atoms with Crippen molar-refractivity contribution in [3.63, 3.8) is 0 Å². The highest BCUT2D eigenvalue weighted by Gasteiger charge is 2.44. The molecule has 10 heteroatoms. The standard InChI is InChI=1S/C10H13N5O5/c11-10-13-7-4(8(19)14-10)12-2-15(7)9-6(18)5(17)3(1-16)20-9/h2-3,5-6,9,16-18H,1H2,(H3,11,13,14,19)/t3-,5?,6-,9-/m1/s1/i1D2,2D,3D,5D,6D,9D,16D,17D,18D/hD3. The third kappa shape index (κ3) is 1.78. The molecule has 0 bridgehead atoms. The number of fused-ring (bicyclic) bond motifs is 1. The van der Waals surface area contributed by atoms with Crippen LogP contribution in [0.1, 0.15) is 15.8 Å². The van der Waals surface area contributed by atoms with E-state index >= 15 is 0 Å². The van der Waals surface area contributed by atoms with Crippen LogP contribution in [0.2, 0.25) is 4.24 Å². The van der Waals surface area contributed by atoms with Crippen molar-refractivity contribution in [2.75, 3.05) is 12.3 Å². The first-order chi connectivity index (χ1) is 15.0. The van der Waals surface area contributed by atoms with Gasteiger partial charge in [-0.15, -0.1) is 0 Å². The molecule has 0 saturated carbocycles. The fourth-order valence-corrected chi connectivity index (χ4v) is 1.56. The lowest BCUT2D eigenvalue weighted by atomic mass is 10.1. The van der Waals surface area contributed by atoms with E-state index in [-0.39, 0.29) is 15.3 Å². The van der Waals surface area contributed by atoms with Gasteiger partial charge in [-0.1, -0.05) is 0 Å². The number of H-pyrrole nitrogens is 1. The summed E-state index contributed by atoms with van der Waals surface area (Å²) < 4.78 is 106. The van der Waals surface area contributed by atoms with Crippen molar-refractivity contribution in [1.82, 2.24) is 19.5 Å². The number of ether oxygens (including phenoxy) is 1. The first-order valence-electron chi connectivity index (χ1n) is 11.0. The molecule has 6 N–H and O–H groups in total. The van der Waals surface area contributed by atoms with Crippen LogP contribution in [-0.2, 0) is 4.74 Å². The molecule has 3 heterocycles. The average molecular weight is 296 g/mol. The minimum atomic E-state index is -3.79. The van der Waals surface area contributed by atoms with Gasteiger partial charge in [-0.2, -0.15) is 4.98 Å². The average Bonchev–Trinajstić information content (AvgIpc) is 3.16. The maximum absolute atomic E-state index is 12.4. The normalized spacial score (nSPS) is 54.5. The van der Waals surface area contributed by atoms with E-state index in [4.69, 9.17) is 22.9 Å². The van der Waals surface area contributed by atoms with Crippen LogP contribution in [0.4, 0.5) is 5.95 Å². The molecule has 10 nitrogen and oxygen atoms in total. The van der Waals surface area contributed by atoms with Crippen LogP contribution in [-0.4, -0.2) is 63.9 Å². The second kappa shape index (κ2) is 4.52. The molecule has 1 saturated heterocycles. The number of anilines is 1. The molecule has 1 fully saturated rings. The van der Waals surface area contributed by atoms with Gasteiger partial charge in [-0.25, -0.2) is 4.98 Å². The van der Waals surface area contributed by atoms with E-state index in [1.807, 2.05) is 0 Å². The van der Waals surface area contributed by atoms with E-state index in [0.717, 1.165) is 0 Å². The Labute approximate surface area is 130 Å². The van der Waals surface area contributed by atoms with E-state index in [9.17, 15) is 4.79 Å². The van der Waals surface area contributed by atoms with Crippen molar-refractivity contribution in [1.29, 1.82) is 4.29 Å². The maximum atomic E-state index is 12.4. The van der Waals surface area contributed by atoms with Gasteiger partial charge in [0.2, 0.25) is 10.2 Å². The Kier molecular flexibility index (Phi) is 1.08. The minimum absolute atomic E-state index is 0.0524. The lowest BCUT2D eigenvalue weighted by Gasteiger charge is -2.16. The molecule has 1 unspecified atom stereocenters. The fourth-order valence-electron chi connectivity index (χ4n) is 1.56. The minimum Gasteiger partial charge on any atom is -0.394 e. The van der Waals surface area contributed by atoms with Gasteiger partial charge in [-0.3, -0.25) is 14.3 Å². The Balaban J connectivity index is 2.48. The first kappa shape index (κ1) is 4.77. The highest BCUT2D eigenvalue weighted by Crippen LogP contribution is 2.30. The first-order valence-corrected chi connectivity index (χ1v) is 4.96. The molecule has 1 aliphatic rings. The third-order valence-corrected chi connectivity index (χ3v) is 2.40. The van der Waals surface area contributed by atoms with Crippen LogP contribution in [0.5, 0.6) is 0 Å². The summed E-state index contributed by atoms with van der Waals surface area (Å²) in [7, 11) is 0. The van der Waals surface area contributed by atoms with Gasteiger partial charge in [0, 0.05) is 0 Å². The number of aromatic nitrogens is 4. The number of nitrogens with one attached hydrogen (secondary N) is 1. The van der Waals surface area contributed by atoms with Gasteiger partial charge in [0.15, 0.2) is 21.6 Å². The maximum Gasteiger partial charge on any atom is 0.280 e. The van der Waals surface area contributed by atoms with Crippen molar-refractivity contribution < 1.29 is 33.9 Å². The number of aromatic amines is 1. The zero-order valence-corrected chi connectivity index (χ0v) is 9.28. The summed E-state index contributed by atoms with van der Waals surface area (Å²) in [5.74, 6) is -1.01. The van der Waals surface area contributed by atoms with E-state index in [2.05, 4.69) is 25.3 Å². The quantitative estimate of drug-likeness (QED) is 0.385. The topological polar surface area (TPSA) is 160 Å². The summed E-state index contributed by atoms with van der Waals surface area (Å²) in [6.07, 6.45) is -16.1. The van der Waals surface area contributed by atoms with Crippen molar-refractivity contribution in [2.45, 2.75) is 24.4 Å². The van der Waals surface area contributed by atoms with Gasteiger partial charge >= 0.3 is 0 Å². The summed E-state index contributed by atoms with van der Waals surface area (Å²) >= 11 is 0. The Morgan fingerprint density at radius 1 is 1.80 bits per heavy atom. The van der Waals surface area contributed by atoms with Gasteiger partial charge in [-0.05, 0) is 0 Å². The van der Waals surface area contributed by atoms with Crippen molar-refractivity contribution >= 4 is 17.1 Å². The molecule has 0 amide bonds. The third-order valence-electron chi connectivity index (χ3n) is 2.40. The number of imidazole rings is 1. The molecule has 2 aromatic heterocycles. The predicted octanol–water partition coefficient (Wildman–Crippen LogP) is -2.69. The zero-order valence-electron chi connectivity index (χ0n) is 22.3. The molecule has 3 rings (SSSR count). The Bertz CT molecular complexity index is 1160. The Morgan fingerprint density at radius 2 is 2.70 bits per heavy atom. The Morgan fingerprint density at radius 3 is 3.45 bits per heavy atom. The molecular weight excluding hydrogens is 270 g/mol. The second-order valence-electron chi connectivity index (χ2n) is 3.54. The van der Waals surface area contributed by atoms with Crippen LogP contribution < -0.4 is 11.3 Å². The van der Waals surface area contributed by atoms with E-state index in [0.29, 0.717) is 0 Å². The van der Waals surface area contributed by atoms with Crippen molar-refractivity contribution in [3.8, 4) is 0 Å². The Hall–Kier alpha value is -2.01. The number of hydrogen-bond acceptors (Lipinski definition) is 8. The van der Waals surface area contributed by atoms with E-state index in [1.54, 1.807) is 0 Å². The number of aliphatic hydroxyl groups is 3. The molecule has 2 aromatic rings. The number of nitrogen functional groups attached to an aromatic ring is 1. The second-order valence-corrected chi connectivity index (χ2v) is 3.54. The van der Waals surface area contributed by atoms with Crippen LogP contribution >= 0.6 is 0 Å². The van der Waals surface area contributed by atoms with Gasteiger partial charge in [0.1, 0.15) is 19.6 Å². The molecule has 4 atom stereocenters. The van der Waals surface area contributed by atoms with Crippen molar-refractivity contribution in [2.24, 2.45) is 0 Å². The molecule has 0 aliphatic carbocycles. The summed E-state index contributed by atoms with van der Waals surface area (Å²) in [5, 5.41) is 11.9. The summed E-state index contributed by atoms with van der Waals surface area (Å²) in [6.45, 7) is -3.71. The molecule has 0 aromatic carbocycles. The highest BCUT2D eigenvalue weighted by molar-refractivity contribution is 5.70. The summed E-state index contributed by atoms with van der Waals surface area (Å²) in [5.41, 5.74) is -3.40. The number of hydrogen-bond donors (Lipinski definition) is 5. The van der Waals surface area contributed by atoms with Crippen LogP contribution in [0, 0.1) is 0 Å². The van der Waals surface area contributed by atoms with Crippen LogP contribution in [0.15, 0.2) is 11.1 Å². The number of nitrogens with zero attached hydrogens (tertiary/aromatic N) is 3. The van der Waals surface area contributed by atoms with Gasteiger partial charge < -0.3 is 25.8 Å². The lowest BCUT2D eigenvalue weighted by molar-refractivity contribution is -0.0511. The lowest BCUT2D eigenvalue weighted by Crippen LogP contribution is -2.33.